The Bertz CT molecular complexity index is 446. The van der Waals surface area contributed by atoms with Crippen LogP contribution in [0, 0.1) is 0 Å². The summed E-state index contributed by atoms with van der Waals surface area (Å²) >= 11 is 0. The first kappa shape index (κ1) is 16.3. The molecule has 0 radical (unpaired) electrons. The van der Waals surface area contributed by atoms with Crippen LogP contribution in [0.2, 0.25) is 0 Å². The number of urea groups is 1. The van der Waals surface area contributed by atoms with Crippen molar-refractivity contribution < 1.29 is 14.6 Å². The lowest BCUT2D eigenvalue weighted by molar-refractivity contribution is -0.00694. The Morgan fingerprint density at radius 1 is 1.45 bits per heavy atom. The molecule has 1 aromatic carbocycles. The molecule has 5 heteroatoms. The van der Waals surface area contributed by atoms with E-state index < -0.39 is 0 Å². The van der Waals surface area contributed by atoms with E-state index in [1.807, 2.05) is 33.8 Å². The highest BCUT2D eigenvalue weighted by Gasteiger charge is 2.19. The first-order valence-electron chi connectivity index (χ1n) is 6.81. The summed E-state index contributed by atoms with van der Waals surface area (Å²) in [6, 6.07) is 6.40. The number of hydrogen-bond acceptors (Lipinski definition) is 3. The minimum atomic E-state index is -0.389. The second kappa shape index (κ2) is 7.14. The molecule has 0 saturated carbocycles. The summed E-state index contributed by atoms with van der Waals surface area (Å²) in [6.07, 6.45) is 0. The van der Waals surface area contributed by atoms with Crippen LogP contribution in [0.15, 0.2) is 24.3 Å². The van der Waals surface area contributed by atoms with Gasteiger partial charge in [-0.25, -0.2) is 4.79 Å². The third-order valence-corrected chi connectivity index (χ3v) is 2.93. The first-order valence-corrected chi connectivity index (χ1v) is 6.81. The monoisotopic (exact) mass is 280 g/mol. The van der Waals surface area contributed by atoms with Crippen molar-refractivity contribution in [2.75, 3.05) is 13.2 Å². The molecule has 1 atom stereocenters. The minimum absolute atomic E-state index is 0.183. The molecule has 0 aliphatic carbocycles. The zero-order valence-corrected chi connectivity index (χ0v) is 12.6. The van der Waals surface area contributed by atoms with Crippen LogP contribution >= 0.6 is 0 Å². The van der Waals surface area contributed by atoms with Gasteiger partial charge in [0.05, 0.1) is 11.6 Å². The maximum absolute atomic E-state index is 11.8. The second-order valence-corrected chi connectivity index (χ2v) is 5.34. The Hall–Kier alpha value is -1.75. The largest absolute Gasteiger partial charge is 0.508 e. The molecule has 0 bridgehead atoms. The molecule has 1 rings (SSSR count). The van der Waals surface area contributed by atoms with E-state index in [-0.39, 0.29) is 23.4 Å². The lowest BCUT2D eigenvalue weighted by Gasteiger charge is -2.25. The quantitative estimate of drug-likeness (QED) is 0.750. The molecule has 0 fully saturated rings. The van der Waals surface area contributed by atoms with Crippen molar-refractivity contribution in [3.05, 3.63) is 29.8 Å². The number of carbonyl (C=O) groups is 1. The molecule has 5 nitrogen and oxygen atoms in total. The van der Waals surface area contributed by atoms with Gasteiger partial charge in [0.2, 0.25) is 0 Å². The van der Waals surface area contributed by atoms with Gasteiger partial charge in [-0.15, -0.1) is 0 Å². The second-order valence-electron chi connectivity index (χ2n) is 5.34. The van der Waals surface area contributed by atoms with Gasteiger partial charge in [0.1, 0.15) is 5.75 Å². The van der Waals surface area contributed by atoms with Gasteiger partial charge < -0.3 is 20.5 Å². The van der Waals surface area contributed by atoms with E-state index in [1.54, 1.807) is 18.2 Å². The van der Waals surface area contributed by atoms with Crippen LogP contribution in [0.3, 0.4) is 0 Å². The van der Waals surface area contributed by atoms with Gasteiger partial charge in [-0.1, -0.05) is 12.1 Å². The molecule has 0 saturated heterocycles. The molecule has 112 valence electrons. The molecule has 20 heavy (non-hydrogen) atoms. The molecule has 0 aromatic heterocycles. The maximum Gasteiger partial charge on any atom is 0.315 e. The van der Waals surface area contributed by atoms with Gasteiger partial charge in [0, 0.05) is 13.2 Å². The van der Waals surface area contributed by atoms with Gasteiger partial charge in [0.15, 0.2) is 0 Å². The van der Waals surface area contributed by atoms with Gasteiger partial charge in [-0.2, -0.15) is 0 Å². The molecular weight excluding hydrogens is 256 g/mol. The Morgan fingerprint density at radius 3 is 2.75 bits per heavy atom. The van der Waals surface area contributed by atoms with Crippen molar-refractivity contribution in [1.82, 2.24) is 10.6 Å². The summed E-state index contributed by atoms with van der Waals surface area (Å²) in [4.78, 5) is 11.8. The van der Waals surface area contributed by atoms with Gasteiger partial charge >= 0.3 is 6.03 Å². The van der Waals surface area contributed by atoms with Crippen LogP contribution in [-0.2, 0) is 4.74 Å². The van der Waals surface area contributed by atoms with E-state index in [1.165, 1.54) is 0 Å². The smallest absolute Gasteiger partial charge is 0.315 e. The van der Waals surface area contributed by atoms with Crippen LogP contribution < -0.4 is 10.6 Å². The SMILES string of the molecule is CCOC(C)(C)CNC(=O)N[C@@H](C)c1cccc(O)c1. The third-order valence-electron chi connectivity index (χ3n) is 2.93. The molecule has 0 spiro atoms. The van der Waals surface area contributed by atoms with Gasteiger partial charge in [-0.05, 0) is 45.4 Å². The van der Waals surface area contributed by atoms with E-state index in [2.05, 4.69) is 10.6 Å². The zero-order chi connectivity index (χ0) is 15.2. The number of rotatable bonds is 6. The average Bonchev–Trinajstić information content (AvgIpc) is 2.36. The van der Waals surface area contributed by atoms with Crippen molar-refractivity contribution in [3.8, 4) is 5.75 Å². The summed E-state index contributed by atoms with van der Waals surface area (Å²) in [6.45, 7) is 8.67. The minimum Gasteiger partial charge on any atom is -0.508 e. The highest BCUT2D eigenvalue weighted by molar-refractivity contribution is 5.74. The fraction of sp³-hybridized carbons (Fsp3) is 0.533. The lowest BCUT2D eigenvalue weighted by Crippen LogP contribution is -2.45. The highest BCUT2D eigenvalue weighted by Crippen LogP contribution is 2.17. The number of amides is 2. The Morgan fingerprint density at radius 2 is 2.15 bits per heavy atom. The van der Waals surface area contributed by atoms with Crippen LogP contribution in [0.25, 0.3) is 0 Å². The molecule has 1 aromatic rings. The number of carbonyl (C=O) groups excluding carboxylic acids is 1. The van der Waals surface area contributed by atoms with Crippen LogP contribution in [0.1, 0.15) is 39.3 Å². The Labute approximate surface area is 120 Å². The van der Waals surface area contributed by atoms with E-state index >= 15 is 0 Å². The van der Waals surface area contributed by atoms with Gasteiger partial charge in [-0.3, -0.25) is 0 Å². The van der Waals surface area contributed by atoms with E-state index in [9.17, 15) is 9.90 Å². The Kier molecular flexibility index (Phi) is 5.82. The molecule has 0 aliphatic rings. The van der Waals surface area contributed by atoms with E-state index in [4.69, 9.17) is 4.74 Å². The highest BCUT2D eigenvalue weighted by atomic mass is 16.5. The first-order chi connectivity index (χ1) is 9.34. The van der Waals surface area contributed by atoms with Crippen LogP contribution in [0.4, 0.5) is 4.79 Å². The maximum atomic E-state index is 11.8. The summed E-state index contributed by atoms with van der Waals surface area (Å²) in [5.74, 6) is 0.189. The normalized spacial score (nSPS) is 12.8. The number of benzene rings is 1. The summed E-state index contributed by atoms with van der Waals surface area (Å²) in [7, 11) is 0. The molecular formula is C15H24N2O3. The number of nitrogens with one attached hydrogen (secondary N) is 2. The van der Waals surface area contributed by atoms with Crippen molar-refractivity contribution in [2.24, 2.45) is 0 Å². The van der Waals surface area contributed by atoms with Crippen molar-refractivity contribution in [1.29, 1.82) is 0 Å². The Balaban J connectivity index is 2.46. The molecule has 0 heterocycles. The zero-order valence-electron chi connectivity index (χ0n) is 12.6. The van der Waals surface area contributed by atoms with E-state index in [0.717, 1.165) is 5.56 Å². The van der Waals surface area contributed by atoms with Crippen molar-refractivity contribution in [3.63, 3.8) is 0 Å². The number of ether oxygens (including phenoxy) is 1. The third kappa shape index (κ3) is 5.48. The number of hydrogen-bond donors (Lipinski definition) is 3. The summed E-state index contributed by atoms with van der Waals surface area (Å²) in [5, 5.41) is 15.0. The molecule has 0 unspecified atom stereocenters. The molecule has 2 amide bonds. The summed E-state index contributed by atoms with van der Waals surface area (Å²) < 4.78 is 5.51. The lowest BCUT2D eigenvalue weighted by atomic mass is 10.1. The average molecular weight is 280 g/mol. The topological polar surface area (TPSA) is 70.6 Å². The van der Waals surface area contributed by atoms with Crippen molar-refractivity contribution in [2.45, 2.75) is 39.3 Å². The number of phenols is 1. The number of aromatic hydroxyl groups is 1. The summed E-state index contributed by atoms with van der Waals surface area (Å²) in [5.41, 5.74) is 0.463. The predicted octanol–water partition coefficient (Wildman–Crippen LogP) is 2.57. The van der Waals surface area contributed by atoms with Crippen molar-refractivity contribution >= 4 is 6.03 Å². The molecule has 3 N–H and O–H groups in total. The fourth-order valence-electron chi connectivity index (χ4n) is 1.86. The molecule has 0 aliphatic heterocycles. The fourth-order valence-corrected chi connectivity index (χ4v) is 1.86. The van der Waals surface area contributed by atoms with E-state index in [0.29, 0.717) is 13.2 Å². The standard InChI is InChI=1S/C15H24N2O3/c1-5-20-15(3,4)10-16-14(19)17-11(2)12-7-6-8-13(18)9-12/h6-9,11,18H,5,10H2,1-4H3,(H2,16,17,19)/t11-/m0/s1. The predicted molar refractivity (Wildman–Crippen MR) is 78.8 cm³/mol. The number of phenolic OH excluding ortho intramolecular Hbond substituents is 1. The van der Waals surface area contributed by atoms with Gasteiger partial charge in [0.25, 0.3) is 0 Å². The van der Waals surface area contributed by atoms with Crippen LogP contribution in [-0.4, -0.2) is 29.9 Å². The van der Waals surface area contributed by atoms with Crippen LogP contribution in [0.5, 0.6) is 5.75 Å².